The maximum absolute atomic E-state index is 12.5. The second-order valence-corrected chi connectivity index (χ2v) is 7.67. The topological polar surface area (TPSA) is 54.7 Å². The SMILES string of the molecule is COc1ccc(CCC(=O)NC[C@H](c2ccco2)N2CCc3ccccc3C2)cc1. The van der Waals surface area contributed by atoms with Crippen molar-refractivity contribution in [3.05, 3.63) is 89.4 Å². The quantitative estimate of drug-likeness (QED) is 0.613. The zero-order valence-electron chi connectivity index (χ0n) is 17.3. The van der Waals surface area contributed by atoms with Gasteiger partial charge in [-0.2, -0.15) is 0 Å². The Balaban J connectivity index is 1.35. The van der Waals surface area contributed by atoms with Crippen LogP contribution < -0.4 is 10.1 Å². The number of fused-ring (bicyclic) bond motifs is 1. The molecule has 0 bridgehead atoms. The predicted molar refractivity (Wildman–Crippen MR) is 116 cm³/mol. The number of hydrogen-bond donors (Lipinski definition) is 1. The summed E-state index contributed by atoms with van der Waals surface area (Å²) in [6.45, 7) is 2.35. The highest BCUT2D eigenvalue weighted by Gasteiger charge is 2.26. The van der Waals surface area contributed by atoms with Gasteiger partial charge in [0.25, 0.3) is 0 Å². The number of nitrogens with zero attached hydrogens (tertiary/aromatic N) is 1. The molecule has 0 radical (unpaired) electrons. The van der Waals surface area contributed by atoms with Crippen molar-refractivity contribution in [2.24, 2.45) is 0 Å². The summed E-state index contributed by atoms with van der Waals surface area (Å²) >= 11 is 0. The Labute approximate surface area is 177 Å². The maximum Gasteiger partial charge on any atom is 0.220 e. The van der Waals surface area contributed by atoms with E-state index in [1.807, 2.05) is 36.4 Å². The van der Waals surface area contributed by atoms with Gasteiger partial charge in [-0.1, -0.05) is 36.4 Å². The highest BCUT2D eigenvalue weighted by molar-refractivity contribution is 5.76. The second-order valence-electron chi connectivity index (χ2n) is 7.67. The summed E-state index contributed by atoms with van der Waals surface area (Å²) in [7, 11) is 1.65. The van der Waals surface area contributed by atoms with Crippen LogP contribution in [0.15, 0.2) is 71.3 Å². The van der Waals surface area contributed by atoms with Crippen LogP contribution in [0.3, 0.4) is 0 Å². The third-order valence-corrected chi connectivity index (χ3v) is 5.76. The van der Waals surface area contributed by atoms with Crippen LogP contribution in [-0.2, 0) is 24.2 Å². The summed E-state index contributed by atoms with van der Waals surface area (Å²) in [6, 6.07) is 20.4. The zero-order chi connectivity index (χ0) is 20.8. The van der Waals surface area contributed by atoms with Gasteiger partial charge in [0, 0.05) is 26.1 Å². The fraction of sp³-hybridized carbons (Fsp3) is 0.320. The van der Waals surface area contributed by atoms with Gasteiger partial charge < -0.3 is 14.5 Å². The minimum atomic E-state index is 0.0262. The molecule has 1 N–H and O–H groups in total. The standard InChI is InChI=1S/C25H28N2O3/c1-29-22-11-8-19(9-12-22)10-13-25(28)26-17-23(24-7-4-16-30-24)27-15-14-20-5-2-3-6-21(20)18-27/h2-9,11-12,16,23H,10,13-15,17-18H2,1H3,(H,26,28)/t23-/m1/s1. The van der Waals surface area contributed by atoms with Crippen molar-refractivity contribution in [3.8, 4) is 5.75 Å². The fourth-order valence-corrected chi connectivity index (χ4v) is 4.02. The van der Waals surface area contributed by atoms with E-state index in [1.165, 1.54) is 11.1 Å². The van der Waals surface area contributed by atoms with Crippen molar-refractivity contribution in [2.45, 2.75) is 31.8 Å². The number of methoxy groups -OCH3 is 1. The van der Waals surface area contributed by atoms with Crippen molar-refractivity contribution in [2.75, 3.05) is 20.2 Å². The maximum atomic E-state index is 12.5. The van der Waals surface area contributed by atoms with Crippen LogP contribution >= 0.6 is 0 Å². The summed E-state index contributed by atoms with van der Waals surface area (Å²) in [5.41, 5.74) is 3.89. The van der Waals surface area contributed by atoms with Gasteiger partial charge in [0.05, 0.1) is 19.4 Å². The molecular formula is C25H28N2O3. The van der Waals surface area contributed by atoms with E-state index >= 15 is 0 Å². The molecule has 0 saturated heterocycles. The van der Waals surface area contributed by atoms with E-state index in [2.05, 4.69) is 34.5 Å². The second kappa shape index (κ2) is 9.63. The van der Waals surface area contributed by atoms with Gasteiger partial charge in [-0.25, -0.2) is 0 Å². The normalized spacial score (nSPS) is 14.7. The molecule has 0 unspecified atom stereocenters. The average molecular weight is 405 g/mol. The molecule has 2 heterocycles. The Hall–Kier alpha value is -3.05. The van der Waals surface area contributed by atoms with Crippen molar-refractivity contribution < 1.29 is 13.9 Å². The number of carbonyl (C=O) groups is 1. The summed E-state index contributed by atoms with van der Waals surface area (Å²) in [5.74, 6) is 1.78. The van der Waals surface area contributed by atoms with Crippen LogP contribution in [0.4, 0.5) is 0 Å². The molecule has 3 aromatic rings. The first-order chi connectivity index (χ1) is 14.7. The lowest BCUT2D eigenvalue weighted by Crippen LogP contribution is -2.40. The number of amides is 1. The van der Waals surface area contributed by atoms with Crippen LogP contribution in [0.5, 0.6) is 5.75 Å². The molecule has 1 atom stereocenters. The number of aryl methyl sites for hydroxylation is 1. The van der Waals surface area contributed by atoms with Gasteiger partial charge in [-0.15, -0.1) is 0 Å². The predicted octanol–water partition coefficient (Wildman–Crippen LogP) is 4.14. The van der Waals surface area contributed by atoms with E-state index in [-0.39, 0.29) is 11.9 Å². The first-order valence-corrected chi connectivity index (χ1v) is 10.5. The highest BCUT2D eigenvalue weighted by Crippen LogP contribution is 2.28. The average Bonchev–Trinajstić information content (AvgIpc) is 3.32. The molecule has 1 aliphatic heterocycles. The van der Waals surface area contributed by atoms with Crippen LogP contribution in [-0.4, -0.2) is 31.0 Å². The summed E-state index contributed by atoms with van der Waals surface area (Å²) in [5, 5.41) is 3.12. The van der Waals surface area contributed by atoms with E-state index in [9.17, 15) is 4.79 Å². The van der Waals surface area contributed by atoms with Gasteiger partial charge in [-0.3, -0.25) is 9.69 Å². The van der Waals surface area contributed by atoms with Gasteiger partial charge in [0.1, 0.15) is 11.5 Å². The van der Waals surface area contributed by atoms with Crippen molar-refractivity contribution >= 4 is 5.91 Å². The molecule has 1 aliphatic rings. The molecular weight excluding hydrogens is 376 g/mol. The third kappa shape index (κ3) is 4.92. The Kier molecular flexibility index (Phi) is 6.50. The number of nitrogens with one attached hydrogen (secondary N) is 1. The van der Waals surface area contributed by atoms with Gasteiger partial charge in [0.15, 0.2) is 0 Å². The number of furan rings is 1. The van der Waals surface area contributed by atoms with E-state index in [0.29, 0.717) is 19.4 Å². The van der Waals surface area contributed by atoms with Crippen LogP contribution in [0, 0.1) is 0 Å². The molecule has 30 heavy (non-hydrogen) atoms. The van der Waals surface area contributed by atoms with Crippen molar-refractivity contribution in [3.63, 3.8) is 0 Å². The van der Waals surface area contributed by atoms with E-state index in [1.54, 1.807) is 13.4 Å². The fourth-order valence-electron chi connectivity index (χ4n) is 4.02. The number of carbonyl (C=O) groups excluding carboxylic acids is 1. The first kappa shape index (κ1) is 20.2. The molecule has 5 nitrogen and oxygen atoms in total. The number of ether oxygens (including phenoxy) is 1. The molecule has 156 valence electrons. The largest absolute Gasteiger partial charge is 0.497 e. The molecule has 0 spiro atoms. The summed E-state index contributed by atoms with van der Waals surface area (Å²) in [4.78, 5) is 14.9. The number of rotatable bonds is 8. The van der Waals surface area contributed by atoms with E-state index < -0.39 is 0 Å². The Bertz CT molecular complexity index is 951. The van der Waals surface area contributed by atoms with E-state index in [0.717, 1.165) is 36.6 Å². The molecule has 1 amide bonds. The Morgan fingerprint density at radius 2 is 1.90 bits per heavy atom. The highest BCUT2D eigenvalue weighted by atomic mass is 16.5. The molecule has 2 aromatic carbocycles. The van der Waals surface area contributed by atoms with Gasteiger partial charge in [0.2, 0.25) is 5.91 Å². The molecule has 0 aliphatic carbocycles. The smallest absolute Gasteiger partial charge is 0.220 e. The number of benzene rings is 2. The Morgan fingerprint density at radius 1 is 1.10 bits per heavy atom. The number of hydrogen-bond acceptors (Lipinski definition) is 4. The van der Waals surface area contributed by atoms with E-state index in [4.69, 9.17) is 9.15 Å². The zero-order valence-corrected chi connectivity index (χ0v) is 17.3. The van der Waals surface area contributed by atoms with Crippen LogP contribution in [0.1, 0.15) is 34.9 Å². The molecule has 4 rings (SSSR count). The minimum absolute atomic E-state index is 0.0262. The van der Waals surface area contributed by atoms with Gasteiger partial charge >= 0.3 is 0 Å². The lowest BCUT2D eigenvalue weighted by molar-refractivity contribution is -0.121. The molecule has 0 fully saturated rings. The minimum Gasteiger partial charge on any atom is -0.497 e. The Morgan fingerprint density at radius 3 is 2.63 bits per heavy atom. The first-order valence-electron chi connectivity index (χ1n) is 10.5. The van der Waals surface area contributed by atoms with Crippen molar-refractivity contribution in [1.29, 1.82) is 0 Å². The van der Waals surface area contributed by atoms with Crippen LogP contribution in [0.2, 0.25) is 0 Å². The lowest BCUT2D eigenvalue weighted by atomic mass is 9.98. The monoisotopic (exact) mass is 404 g/mol. The van der Waals surface area contributed by atoms with Crippen molar-refractivity contribution in [1.82, 2.24) is 10.2 Å². The third-order valence-electron chi connectivity index (χ3n) is 5.76. The van der Waals surface area contributed by atoms with Crippen LogP contribution in [0.25, 0.3) is 0 Å². The molecule has 0 saturated carbocycles. The molecule has 5 heteroatoms. The lowest BCUT2D eigenvalue weighted by Gasteiger charge is -2.34. The molecule has 1 aromatic heterocycles. The van der Waals surface area contributed by atoms with Gasteiger partial charge in [-0.05, 0) is 53.8 Å². The summed E-state index contributed by atoms with van der Waals surface area (Å²) < 4.78 is 10.9. The summed E-state index contributed by atoms with van der Waals surface area (Å²) in [6.07, 6.45) is 3.88.